The smallest absolute Gasteiger partial charge is 0.137 e. The summed E-state index contributed by atoms with van der Waals surface area (Å²) in [5, 5.41) is 5.58. The molecule has 0 bridgehead atoms. The van der Waals surface area contributed by atoms with Gasteiger partial charge in [-0.25, -0.2) is 9.50 Å². The molecule has 0 amide bonds. The van der Waals surface area contributed by atoms with Crippen LogP contribution in [0.4, 0.5) is 5.69 Å². The standard InChI is InChI=1S/C12H9ClN4S.C2H6/c13-10-5-6-17-11(10)12(15-7-16-17)18-9-3-1-8(14)2-4-9;1-2/h1-7H,14H2;1-2H3. The Kier molecular flexibility index (Phi) is 4.87. The highest BCUT2D eigenvalue weighted by atomic mass is 35.5. The molecule has 0 radical (unpaired) electrons. The molecular weight excluding hydrogens is 292 g/mol. The third kappa shape index (κ3) is 3.05. The molecule has 4 nitrogen and oxygen atoms in total. The number of hydrogen-bond donors (Lipinski definition) is 1. The molecule has 6 heteroatoms. The molecule has 2 heterocycles. The molecule has 0 saturated heterocycles. The zero-order chi connectivity index (χ0) is 14.5. The van der Waals surface area contributed by atoms with Gasteiger partial charge in [-0.2, -0.15) is 5.10 Å². The van der Waals surface area contributed by atoms with Crippen molar-refractivity contribution in [2.45, 2.75) is 23.8 Å². The molecule has 1 aromatic carbocycles. The minimum Gasteiger partial charge on any atom is -0.399 e. The largest absolute Gasteiger partial charge is 0.399 e. The van der Waals surface area contributed by atoms with E-state index in [1.165, 1.54) is 18.1 Å². The van der Waals surface area contributed by atoms with Crippen LogP contribution in [0.15, 0.2) is 52.8 Å². The summed E-state index contributed by atoms with van der Waals surface area (Å²) in [6.45, 7) is 4.00. The van der Waals surface area contributed by atoms with E-state index in [1.54, 1.807) is 10.6 Å². The lowest BCUT2D eigenvalue weighted by Crippen LogP contribution is -1.93. The van der Waals surface area contributed by atoms with Gasteiger partial charge >= 0.3 is 0 Å². The van der Waals surface area contributed by atoms with Crippen LogP contribution in [0, 0.1) is 0 Å². The third-order valence-electron chi connectivity index (χ3n) is 2.47. The lowest BCUT2D eigenvalue weighted by atomic mass is 10.3. The van der Waals surface area contributed by atoms with Crippen molar-refractivity contribution >= 4 is 34.6 Å². The Morgan fingerprint density at radius 1 is 1.15 bits per heavy atom. The van der Waals surface area contributed by atoms with Crippen molar-refractivity contribution in [3.05, 3.63) is 47.9 Å². The van der Waals surface area contributed by atoms with Gasteiger partial charge in [0, 0.05) is 16.8 Å². The second-order valence-electron chi connectivity index (χ2n) is 3.69. The van der Waals surface area contributed by atoms with E-state index in [9.17, 15) is 0 Å². The number of anilines is 1. The van der Waals surface area contributed by atoms with Gasteiger partial charge < -0.3 is 5.73 Å². The van der Waals surface area contributed by atoms with E-state index in [2.05, 4.69) is 10.1 Å². The topological polar surface area (TPSA) is 56.2 Å². The summed E-state index contributed by atoms with van der Waals surface area (Å²) >= 11 is 7.67. The predicted molar refractivity (Wildman–Crippen MR) is 84.3 cm³/mol. The number of nitrogens with zero attached hydrogens (tertiary/aromatic N) is 3. The van der Waals surface area contributed by atoms with Crippen LogP contribution in [-0.2, 0) is 0 Å². The summed E-state index contributed by atoms with van der Waals surface area (Å²) in [5.41, 5.74) is 7.22. The normalized spacial score (nSPS) is 10.2. The maximum Gasteiger partial charge on any atom is 0.137 e. The van der Waals surface area contributed by atoms with Gasteiger partial charge in [-0.3, -0.25) is 0 Å². The first-order chi connectivity index (χ1) is 9.74. The monoisotopic (exact) mass is 306 g/mol. The third-order valence-corrected chi connectivity index (χ3v) is 3.77. The van der Waals surface area contributed by atoms with E-state index in [0.29, 0.717) is 5.02 Å². The molecule has 0 saturated carbocycles. The molecule has 2 N–H and O–H groups in total. The van der Waals surface area contributed by atoms with Gasteiger partial charge in [0.15, 0.2) is 0 Å². The van der Waals surface area contributed by atoms with Gasteiger partial charge in [0.25, 0.3) is 0 Å². The number of aromatic nitrogens is 3. The first-order valence-corrected chi connectivity index (χ1v) is 7.45. The fourth-order valence-electron chi connectivity index (χ4n) is 1.61. The molecule has 3 aromatic rings. The van der Waals surface area contributed by atoms with Gasteiger partial charge in [0.1, 0.15) is 16.9 Å². The molecule has 0 aliphatic heterocycles. The van der Waals surface area contributed by atoms with Crippen LogP contribution in [0.5, 0.6) is 0 Å². The van der Waals surface area contributed by atoms with E-state index in [0.717, 1.165) is 21.1 Å². The predicted octanol–water partition coefficient (Wildman–Crippen LogP) is 4.14. The Labute approximate surface area is 127 Å². The summed E-state index contributed by atoms with van der Waals surface area (Å²) in [4.78, 5) is 5.33. The molecule has 0 fully saturated rings. The molecular formula is C14H15ClN4S. The van der Waals surface area contributed by atoms with Gasteiger partial charge in [-0.05, 0) is 30.3 Å². The van der Waals surface area contributed by atoms with E-state index in [-0.39, 0.29) is 0 Å². The summed E-state index contributed by atoms with van der Waals surface area (Å²) in [6, 6.07) is 9.43. The average molecular weight is 307 g/mol. The van der Waals surface area contributed by atoms with Crippen LogP contribution in [0.3, 0.4) is 0 Å². The average Bonchev–Trinajstić information content (AvgIpc) is 2.86. The molecule has 0 spiro atoms. The second-order valence-corrected chi connectivity index (χ2v) is 5.16. The van der Waals surface area contributed by atoms with Crippen molar-refractivity contribution in [2.24, 2.45) is 0 Å². The number of fused-ring (bicyclic) bond motifs is 1. The number of nitrogen functional groups attached to an aromatic ring is 1. The summed E-state index contributed by atoms with van der Waals surface area (Å²) in [5.74, 6) is 0. The molecule has 20 heavy (non-hydrogen) atoms. The van der Waals surface area contributed by atoms with Crippen molar-refractivity contribution in [1.29, 1.82) is 0 Å². The van der Waals surface area contributed by atoms with E-state index in [1.807, 2.05) is 44.3 Å². The van der Waals surface area contributed by atoms with Gasteiger partial charge in [-0.1, -0.05) is 37.2 Å². The minimum atomic E-state index is 0.647. The minimum absolute atomic E-state index is 0.647. The molecule has 3 rings (SSSR count). The molecule has 0 atom stereocenters. The summed E-state index contributed by atoms with van der Waals surface area (Å²) < 4.78 is 1.72. The lowest BCUT2D eigenvalue weighted by Gasteiger charge is -2.03. The Morgan fingerprint density at radius 2 is 1.85 bits per heavy atom. The number of halogens is 1. The van der Waals surface area contributed by atoms with E-state index in [4.69, 9.17) is 17.3 Å². The fraction of sp³-hybridized carbons (Fsp3) is 0.143. The molecule has 0 aliphatic rings. The number of hydrogen-bond acceptors (Lipinski definition) is 4. The molecule has 0 aliphatic carbocycles. The van der Waals surface area contributed by atoms with Crippen LogP contribution in [0.1, 0.15) is 13.8 Å². The van der Waals surface area contributed by atoms with Crippen LogP contribution >= 0.6 is 23.4 Å². The zero-order valence-corrected chi connectivity index (χ0v) is 12.8. The van der Waals surface area contributed by atoms with Crippen molar-refractivity contribution in [2.75, 3.05) is 5.73 Å². The van der Waals surface area contributed by atoms with Crippen LogP contribution in [0.2, 0.25) is 5.02 Å². The summed E-state index contributed by atoms with van der Waals surface area (Å²) in [7, 11) is 0. The lowest BCUT2D eigenvalue weighted by molar-refractivity contribution is 0.865. The molecule has 0 unspecified atom stereocenters. The summed E-state index contributed by atoms with van der Waals surface area (Å²) in [6.07, 6.45) is 3.33. The Hall–Kier alpha value is -1.72. The maximum absolute atomic E-state index is 6.14. The maximum atomic E-state index is 6.14. The number of benzene rings is 1. The first-order valence-electron chi connectivity index (χ1n) is 6.25. The van der Waals surface area contributed by atoms with Crippen molar-refractivity contribution in [1.82, 2.24) is 14.6 Å². The van der Waals surface area contributed by atoms with E-state index < -0.39 is 0 Å². The Balaban J connectivity index is 0.000000704. The van der Waals surface area contributed by atoms with E-state index >= 15 is 0 Å². The highest BCUT2D eigenvalue weighted by Crippen LogP contribution is 2.32. The van der Waals surface area contributed by atoms with Crippen molar-refractivity contribution in [3.8, 4) is 0 Å². The quantitative estimate of drug-likeness (QED) is 0.723. The number of rotatable bonds is 2. The van der Waals surface area contributed by atoms with Gasteiger partial charge in [0.05, 0.1) is 5.02 Å². The highest BCUT2D eigenvalue weighted by Gasteiger charge is 2.09. The Morgan fingerprint density at radius 3 is 2.55 bits per heavy atom. The first kappa shape index (κ1) is 14.7. The van der Waals surface area contributed by atoms with Gasteiger partial charge in [0.2, 0.25) is 0 Å². The molecule has 104 valence electrons. The zero-order valence-electron chi connectivity index (χ0n) is 11.2. The van der Waals surface area contributed by atoms with Crippen LogP contribution in [-0.4, -0.2) is 14.6 Å². The fourth-order valence-corrected chi connectivity index (χ4v) is 2.80. The van der Waals surface area contributed by atoms with Gasteiger partial charge in [-0.15, -0.1) is 0 Å². The van der Waals surface area contributed by atoms with Crippen molar-refractivity contribution in [3.63, 3.8) is 0 Å². The SMILES string of the molecule is CC.Nc1ccc(Sc2ncnn3ccc(Cl)c23)cc1. The van der Waals surface area contributed by atoms with Crippen molar-refractivity contribution < 1.29 is 0 Å². The number of nitrogens with two attached hydrogens (primary N) is 1. The Bertz CT molecular complexity index is 694. The van der Waals surface area contributed by atoms with Crippen LogP contribution in [0.25, 0.3) is 5.52 Å². The van der Waals surface area contributed by atoms with Crippen LogP contribution < -0.4 is 5.73 Å². The highest BCUT2D eigenvalue weighted by molar-refractivity contribution is 7.99. The second kappa shape index (κ2) is 6.63. The molecule has 2 aromatic heterocycles.